The second-order valence-electron chi connectivity index (χ2n) is 4.06. The Balaban J connectivity index is 2.20. The van der Waals surface area contributed by atoms with Crippen molar-refractivity contribution in [3.8, 4) is 17.1 Å². The monoisotopic (exact) mass is 371 g/mol. The molecule has 4 nitrogen and oxygen atoms in total. The largest absolute Gasteiger partial charge is 0.496 e. The van der Waals surface area contributed by atoms with Crippen LogP contribution in [0.2, 0.25) is 10.2 Å². The molecule has 2 aromatic heterocycles. The van der Waals surface area contributed by atoms with Gasteiger partial charge in [0, 0.05) is 4.47 Å². The van der Waals surface area contributed by atoms with Crippen LogP contribution in [0.25, 0.3) is 22.6 Å². The summed E-state index contributed by atoms with van der Waals surface area (Å²) in [6.45, 7) is 0. The van der Waals surface area contributed by atoms with Crippen molar-refractivity contribution >= 4 is 50.3 Å². The number of fused-ring (bicyclic) bond motifs is 1. The van der Waals surface area contributed by atoms with Crippen molar-refractivity contribution in [2.45, 2.75) is 0 Å². The number of methoxy groups -OCH3 is 1. The van der Waals surface area contributed by atoms with E-state index in [-0.39, 0.29) is 5.15 Å². The lowest BCUT2D eigenvalue weighted by atomic mass is 10.2. The fourth-order valence-corrected chi connectivity index (χ4v) is 2.51. The van der Waals surface area contributed by atoms with E-state index in [2.05, 4.69) is 30.9 Å². The molecule has 0 amide bonds. The van der Waals surface area contributed by atoms with Crippen LogP contribution >= 0.6 is 39.1 Å². The summed E-state index contributed by atoms with van der Waals surface area (Å²) in [7, 11) is 1.61. The standard InChI is InChI=1S/C13H8BrCl2N3O/c1-20-10-4-6(14)2-3-7(10)12-17-9-5-8(15)11(16)18-13(9)19-12/h2-5H,1H3,(H,17,18,19). The molecule has 0 aliphatic rings. The Labute approximate surface area is 133 Å². The molecule has 2 heterocycles. The predicted octanol–water partition coefficient (Wildman–Crippen LogP) is 4.70. The quantitative estimate of drug-likeness (QED) is 0.663. The van der Waals surface area contributed by atoms with Crippen LogP contribution in [0.4, 0.5) is 0 Å². The van der Waals surface area contributed by atoms with Crippen molar-refractivity contribution in [2.75, 3.05) is 7.11 Å². The molecule has 0 saturated carbocycles. The lowest BCUT2D eigenvalue weighted by Gasteiger charge is -2.06. The van der Waals surface area contributed by atoms with Gasteiger partial charge in [-0.15, -0.1) is 0 Å². The smallest absolute Gasteiger partial charge is 0.179 e. The van der Waals surface area contributed by atoms with Crippen LogP contribution in [0.1, 0.15) is 0 Å². The Morgan fingerprint density at radius 3 is 2.75 bits per heavy atom. The maximum Gasteiger partial charge on any atom is 0.179 e. The number of aromatic amines is 1. The summed E-state index contributed by atoms with van der Waals surface area (Å²) in [5.41, 5.74) is 2.07. The van der Waals surface area contributed by atoms with E-state index in [9.17, 15) is 0 Å². The van der Waals surface area contributed by atoms with Crippen molar-refractivity contribution in [1.29, 1.82) is 0 Å². The molecule has 0 unspecified atom stereocenters. The lowest BCUT2D eigenvalue weighted by molar-refractivity contribution is 0.416. The molecule has 7 heteroatoms. The first-order valence-corrected chi connectivity index (χ1v) is 7.19. The number of rotatable bonds is 2. The van der Waals surface area contributed by atoms with Crippen molar-refractivity contribution in [3.63, 3.8) is 0 Å². The minimum atomic E-state index is 0.236. The highest BCUT2D eigenvalue weighted by molar-refractivity contribution is 9.10. The zero-order valence-electron chi connectivity index (χ0n) is 10.2. The first-order chi connectivity index (χ1) is 9.58. The highest BCUT2D eigenvalue weighted by Crippen LogP contribution is 2.32. The van der Waals surface area contributed by atoms with Gasteiger partial charge >= 0.3 is 0 Å². The molecular formula is C13H8BrCl2N3O. The van der Waals surface area contributed by atoms with Crippen molar-refractivity contribution in [2.24, 2.45) is 0 Å². The number of hydrogen-bond donors (Lipinski definition) is 1. The summed E-state index contributed by atoms with van der Waals surface area (Å²) < 4.78 is 6.29. The Hall–Kier alpha value is -1.30. The molecule has 0 fully saturated rings. The summed E-state index contributed by atoms with van der Waals surface area (Å²) in [6, 6.07) is 7.40. The maximum absolute atomic E-state index is 5.95. The lowest BCUT2D eigenvalue weighted by Crippen LogP contribution is -1.89. The second kappa shape index (κ2) is 5.24. The number of benzene rings is 1. The van der Waals surface area contributed by atoms with Gasteiger partial charge in [-0.05, 0) is 24.3 Å². The Morgan fingerprint density at radius 2 is 2.00 bits per heavy atom. The summed E-state index contributed by atoms with van der Waals surface area (Å²) in [6.07, 6.45) is 0. The maximum atomic E-state index is 5.95. The molecule has 0 radical (unpaired) electrons. The number of hydrogen-bond acceptors (Lipinski definition) is 3. The number of nitrogens with one attached hydrogen (secondary N) is 1. The summed E-state index contributed by atoms with van der Waals surface area (Å²) in [4.78, 5) is 11.7. The third-order valence-electron chi connectivity index (χ3n) is 2.80. The predicted molar refractivity (Wildman–Crippen MR) is 83.6 cm³/mol. The Bertz CT molecular complexity index is 765. The number of aromatic nitrogens is 3. The molecule has 0 saturated heterocycles. The highest BCUT2D eigenvalue weighted by Gasteiger charge is 2.13. The summed E-state index contributed by atoms with van der Waals surface area (Å²) >= 11 is 15.2. The minimum absolute atomic E-state index is 0.236. The van der Waals surface area contributed by atoms with Crippen LogP contribution in [0, 0.1) is 0 Å². The molecule has 20 heavy (non-hydrogen) atoms. The van der Waals surface area contributed by atoms with Gasteiger partial charge in [0.25, 0.3) is 0 Å². The van der Waals surface area contributed by atoms with Gasteiger partial charge in [0.2, 0.25) is 0 Å². The van der Waals surface area contributed by atoms with Crippen LogP contribution in [-0.2, 0) is 0 Å². The molecule has 3 aromatic rings. The van der Waals surface area contributed by atoms with Crippen LogP contribution in [0.5, 0.6) is 5.75 Å². The van der Waals surface area contributed by atoms with Gasteiger partial charge in [0.15, 0.2) is 5.65 Å². The Morgan fingerprint density at radius 1 is 1.20 bits per heavy atom. The fraction of sp³-hybridized carbons (Fsp3) is 0.0769. The molecular weight excluding hydrogens is 365 g/mol. The van der Waals surface area contributed by atoms with Crippen molar-refractivity contribution < 1.29 is 4.74 Å². The van der Waals surface area contributed by atoms with E-state index >= 15 is 0 Å². The number of nitrogens with zero attached hydrogens (tertiary/aromatic N) is 2. The number of H-pyrrole nitrogens is 1. The van der Waals surface area contributed by atoms with E-state index in [4.69, 9.17) is 27.9 Å². The Kier molecular flexibility index (Phi) is 3.58. The van der Waals surface area contributed by atoms with E-state index in [0.29, 0.717) is 22.2 Å². The molecule has 1 aromatic carbocycles. The van der Waals surface area contributed by atoms with Crippen LogP contribution in [0.3, 0.4) is 0 Å². The normalized spacial score (nSPS) is 11.0. The van der Waals surface area contributed by atoms with Crippen LogP contribution in [0.15, 0.2) is 28.7 Å². The van der Waals surface area contributed by atoms with Gasteiger partial charge in [0.05, 0.1) is 23.2 Å². The van der Waals surface area contributed by atoms with E-state index < -0.39 is 0 Å². The first-order valence-electron chi connectivity index (χ1n) is 5.64. The van der Waals surface area contributed by atoms with Gasteiger partial charge in [-0.3, -0.25) is 0 Å². The number of imidazole rings is 1. The minimum Gasteiger partial charge on any atom is -0.496 e. The number of pyridine rings is 1. The first kappa shape index (κ1) is 13.7. The third kappa shape index (κ3) is 2.37. The van der Waals surface area contributed by atoms with Crippen molar-refractivity contribution in [1.82, 2.24) is 15.0 Å². The third-order valence-corrected chi connectivity index (χ3v) is 3.97. The molecule has 0 atom stereocenters. The van der Waals surface area contributed by atoms with Gasteiger partial charge in [-0.2, -0.15) is 0 Å². The number of halogens is 3. The molecule has 0 aliphatic carbocycles. The van der Waals surface area contributed by atoms with Gasteiger partial charge < -0.3 is 9.72 Å². The van der Waals surface area contributed by atoms with Crippen LogP contribution in [-0.4, -0.2) is 22.1 Å². The molecule has 0 bridgehead atoms. The summed E-state index contributed by atoms with van der Waals surface area (Å²) in [5, 5.41) is 0.622. The van der Waals surface area contributed by atoms with E-state index in [1.54, 1.807) is 13.2 Å². The van der Waals surface area contributed by atoms with Gasteiger partial charge in [0.1, 0.15) is 16.7 Å². The topological polar surface area (TPSA) is 50.8 Å². The molecule has 0 spiro atoms. The SMILES string of the molecule is COc1cc(Br)ccc1-c1nc2nc(Cl)c(Cl)cc2[nH]1. The molecule has 3 rings (SSSR count). The average Bonchev–Trinajstić information content (AvgIpc) is 2.81. The van der Waals surface area contributed by atoms with E-state index in [0.717, 1.165) is 15.6 Å². The molecule has 102 valence electrons. The van der Waals surface area contributed by atoms with Gasteiger partial charge in [-0.1, -0.05) is 39.1 Å². The molecule has 0 aliphatic heterocycles. The van der Waals surface area contributed by atoms with E-state index in [1.807, 2.05) is 18.2 Å². The highest BCUT2D eigenvalue weighted by atomic mass is 79.9. The van der Waals surface area contributed by atoms with Crippen LogP contribution < -0.4 is 4.74 Å². The number of ether oxygens (including phenoxy) is 1. The van der Waals surface area contributed by atoms with Gasteiger partial charge in [-0.25, -0.2) is 9.97 Å². The average molecular weight is 373 g/mol. The second-order valence-corrected chi connectivity index (χ2v) is 5.74. The zero-order valence-corrected chi connectivity index (χ0v) is 13.3. The fourth-order valence-electron chi connectivity index (χ4n) is 1.88. The van der Waals surface area contributed by atoms with E-state index in [1.165, 1.54) is 0 Å². The molecule has 1 N–H and O–H groups in total. The zero-order chi connectivity index (χ0) is 14.3. The summed E-state index contributed by atoms with van der Waals surface area (Å²) in [5.74, 6) is 1.35. The van der Waals surface area contributed by atoms with Crippen molar-refractivity contribution in [3.05, 3.63) is 38.9 Å².